The largest absolute Gasteiger partial charge is 0.487 e. The molecule has 0 aliphatic carbocycles. The summed E-state index contributed by atoms with van der Waals surface area (Å²) in [5.41, 5.74) is 2.91. The highest BCUT2D eigenvalue weighted by Gasteiger charge is 2.39. The zero-order chi connectivity index (χ0) is 22.6. The van der Waals surface area contributed by atoms with Crippen molar-refractivity contribution in [1.29, 1.82) is 0 Å². The van der Waals surface area contributed by atoms with E-state index in [1.807, 2.05) is 52.0 Å². The summed E-state index contributed by atoms with van der Waals surface area (Å²) < 4.78 is 38.1. The average Bonchev–Trinajstić information content (AvgIpc) is 2.66. The molecule has 0 radical (unpaired) electrons. The minimum atomic E-state index is -3.58. The Morgan fingerprint density at radius 3 is 2.42 bits per heavy atom. The van der Waals surface area contributed by atoms with Gasteiger partial charge in [-0.15, -0.1) is 0 Å². The molecule has 7 nitrogen and oxygen atoms in total. The molecule has 0 fully saturated rings. The van der Waals surface area contributed by atoms with Crippen LogP contribution in [0.25, 0.3) is 0 Å². The smallest absolute Gasteiger partial charge is 0.263 e. The summed E-state index contributed by atoms with van der Waals surface area (Å²) in [4.78, 5) is 13.2. The van der Waals surface area contributed by atoms with Crippen LogP contribution in [-0.2, 0) is 14.8 Å². The van der Waals surface area contributed by atoms with Crippen molar-refractivity contribution >= 4 is 21.6 Å². The lowest BCUT2D eigenvalue weighted by atomic mass is 9.89. The van der Waals surface area contributed by atoms with Crippen LogP contribution in [-0.4, -0.2) is 38.8 Å². The number of rotatable bonds is 3. The van der Waals surface area contributed by atoms with Crippen LogP contribution < -0.4 is 19.1 Å². The number of hydrogen-bond donors (Lipinski definition) is 1. The van der Waals surface area contributed by atoms with Gasteiger partial charge in [0, 0.05) is 12.0 Å². The van der Waals surface area contributed by atoms with Crippen molar-refractivity contribution in [2.75, 3.05) is 17.1 Å². The van der Waals surface area contributed by atoms with Crippen molar-refractivity contribution in [2.45, 2.75) is 51.9 Å². The molecule has 0 saturated carbocycles. The molecule has 2 aliphatic rings. The van der Waals surface area contributed by atoms with Crippen LogP contribution >= 0.6 is 0 Å². The van der Waals surface area contributed by atoms with Gasteiger partial charge in [-0.25, -0.2) is 8.42 Å². The molecular formula is C23H28N2O5S. The molecular weight excluding hydrogens is 416 g/mol. The van der Waals surface area contributed by atoms with Gasteiger partial charge in [-0.05, 0) is 51.5 Å². The molecule has 1 amide bonds. The topological polar surface area (TPSA) is 84.9 Å². The first-order valence-electron chi connectivity index (χ1n) is 10.3. The van der Waals surface area contributed by atoms with E-state index in [0.29, 0.717) is 17.9 Å². The first kappa shape index (κ1) is 21.5. The first-order chi connectivity index (χ1) is 14.4. The van der Waals surface area contributed by atoms with Gasteiger partial charge in [0.15, 0.2) is 6.10 Å². The van der Waals surface area contributed by atoms with Gasteiger partial charge < -0.3 is 14.8 Å². The highest BCUT2D eigenvalue weighted by atomic mass is 32.2. The molecule has 8 heteroatoms. The van der Waals surface area contributed by atoms with Gasteiger partial charge in [-0.1, -0.05) is 23.8 Å². The van der Waals surface area contributed by atoms with Crippen LogP contribution in [0.15, 0.2) is 36.4 Å². The average molecular weight is 445 g/mol. The van der Waals surface area contributed by atoms with Gasteiger partial charge >= 0.3 is 0 Å². The summed E-state index contributed by atoms with van der Waals surface area (Å²) >= 11 is 0. The zero-order valence-electron chi connectivity index (χ0n) is 18.4. The molecule has 31 heavy (non-hydrogen) atoms. The van der Waals surface area contributed by atoms with Crippen LogP contribution in [0.5, 0.6) is 11.5 Å². The predicted octanol–water partition coefficient (Wildman–Crippen LogP) is 3.25. The van der Waals surface area contributed by atoms with Crippen LogP contribution in [0.3, 0.4) is 0 Å². The monoisotopic (exact) mass is 444 g/mol. The van der Waals surface area contributed by atoms with Gasteiger partial charge in [0.2, 0.25) is 10.0 Å². The van der Waals surface area contributed by atoms with Crippen LogP contribution in [0.2, 0.25) is 0 Å². The van der Waals surface area contributed by atoms with Crippen molar-refractivity contribution in [3.63, 3.8) is 0 Å². The van der Waals surface area contributed by atoms with E-state index in [4.69, 9.17) is 9.47 Å². The lowest BCUT2D eigenvalue weighted by molar-refractivity contribution is -0.129. The molecule has 0 unspecified atom stereocenters. The van der Waals surface area contributed by atoms with Crippen LogP contribution in [0, 0.1) is 13.8 Å². The molecule has 1 N–H and O–H groups in total. The number of carbonyl (C=O) groups excluding carboxylic acids is 1. The quantitative estimate of drug-likeness (QED) is 0.786. The summed E-state index contributed by atoms with van der Waals surface area (Å²) in [6.45, 7) is 7.76. The number of carbonyl (C=O) groups is 1. The minimum Gasteiger partial charge on any atom is -0.487 e. The molecule has 0 spiro atoms. The van der Waals surface area contributed by atoms with E-state index in [2.05, 4.69) is 5.32 Å². The Labute approximate surface area is 183 Å². The minimum absolute atomic E-state index is 0.0750. The molecule has 166 valence electrons. The number of sulfonamides is 1. The van der Waals surface area contributed by atoms with E-state index in [0.717, 1.165) is 28.7 Å². The summed E-state index contributed by atoms with van der Waals surface area (Å²) in [5.74, 6) is 0.774. The number of nitrogens with one attached hydrogen (secondary N) is 1. The molecule has 2 atom stereocenters. The number of benzene rings is 2. The fraction of sp³-hybridized carbons (Fsp3) is 0.435. The van der Waals surface area contributed by atoms with Crippen LogP contribution in [0.4, 0.5) is 5.69 Å². The van der Waals surface area contributed by atoms with E-state index >= 15 is 0 Å². The van der Waals surface area contributed by atoms with E-state index in [9.17, 15) is 13.2 Å². The maximum Gasteiger partial charge on any atom is 0.263 e. The summed E-state index contributed by atoms with van der Waals surface area (Å²) in [5, 5.41) is 3.08. The third-order valence-electron chi connectivity index (χ3n) is 5.62. The van der Waals surface area contributed by atoms with Crippen molar-refractivity contribution < 1.29 is 22.7 Å². The van der Waals surface area contributed by atoms with Gasteiger partial charge in [-0.2, -0.15) is 0 Å². The van der Waals surface area contributed by atoms with Crippen molar-refractivity contribution in [1.82, 2.24) is 5.32 Å². The number of fused-ring (bicyclic) bond motifs is 2. The van der Waals surface area contributed by atoms with Crippen LogP contribution in [0.1, 0.15) is 43.0 Å². The molecule has 2 aromatic carbocycles. The Bertz CT molecular complexity index is 1140. The van der Waals surface area contributed by atoms with E-state index in [1.54, 1.807) is 12.1 Å². The van der Waals surface area contributed by atoms with Gasteiger partial charge in [0.05, 0.1) is 24.5 Å². The second-order valence-electron chi connectivity index (χ2n) is 9.04. The highest BCUT2D eigenvalue weighted by Crippen LogP contribution is 2.40. The van der Waals surface area contributed by atoms with Crippen molar-refractivity contribution in [3.05, 3.63) is 53.1 Å². The fourth-order valence-corrected chi connectivity index (χ4v) is 5.09. The normalized spacial score (nSPS) is 21.9. The maximum atomic E-state index is 13.2. The molecule has 0 saturated heterocycles. The lowest BCUT2D eigenvalue weighted by Gasteiger charge is -2.39. The predicted molar refractivity (Wildman–Crippen MR) is 119 cm³/mol. The zero-order valence-corrected chi connectivity index (χ0v) is 19.2. The van der Waals surface area contributed by atoms with E-state index < -0.39 is 21.7 Å². The van der Waals surface area contributed by atoms with Gasteiger partial charge in [0.1, 0.15) is 17.1 Å². The first-order valence-corrected chi connectivity index (χ1v) is 12.1. The molecule has 2 heterocycles. The van der Waals surface area contributed by atoms with Gasteiger partial charge in [0.25, 0.3) is 5.91 Å². The van der Waals surface area contributed by atoms with Crippen molar-refractivity contribution in [2.24, 2.45) is 0 Å². The summed E-state index contributed by atoms with van der Waals surface area (Å²) in [6.07, 6.45) is 0.775. The SMILES string of the molecule is Cc1ccc2c(c1)[C@@H](NC(=O)[C@H]1CN(S(C)(=O)=O)c3cc(C)ccc3O1)CC(C)(C)O2. The maximum absolute atomic E-state index is 13.2. The summed E-state index contributed by atoms with van der Waals surface area (Å²) in [7, 11) is -3.58. The number of aryl methyl sites for hydroxylation is 2. The molecule has 0 bridgehead atoms. The number of ether oxygens (including phenoxy) is 2. The molecule has 2 aliphatic heterocycles. The second kappa shape index (κ2) is 7.44. The number of nitrogens with zero attached hydrogens (tertiary/aromatic N) is 1. The Hall–Kier alpha value is -2.74. The third-order valence-corrected chi connectivity index (χ3v) is 6.76. The second-order valence-corrected chi connectivity index (χ2v) is 10.9. The van der Waals surface area contributed by atoms with E-state index in [-0.39, 0.29) is 18.5 Å². The number of amides is 1. The molecule has 0 aromatic heterocycles. The number of hydrogen-bond acceptors (Lipinski definition) is 5. The highest BCUT2D eigenvalue weighted by molar-refractivity contribution is 7.92. The lowest BCUT2D eigenvalue weighted by Crippen LogP contribution is -2.52. The Morgan fingerprint density at radius 2 is 1.74 bits per heavy atom. The Kier molecular flexibility index (Phi) is 5.16. The van der Waals surface area contributed by atoms with Crippen molar-refractivity contribution in [3.8, 4) is 11.5 Å². The van der Waals surface area contributed by atoms with E-state index in [1.165, 1.54) is 4.31 Å². The Balaban J connectivity index is 1.62. The van der Waals surface area contributed by atoms with Gasteiger partial charge in [-0.3, -0.25) is 9.10 Å². The number of anilines is 1. The fourth-order valence-electron chi connectivity index (χ4n) is 4.18. The Morgan fingerprint density at radius 1 is 1.10 bits per heavy atom. The standard InChI is InChI=1S/C23H28N2O5S/c1-14-6-8-19-16(10-14)17(12-23(3,4)30-19)24-22(26)21-13-25(31(5,27)28)18-11-15(2)7-9-20(18)29-21/h6-11,17,21H,12-13H2,1-5H3,(H,24,26)/t17-,21+/m0/s1. The third kappa shape index (κ3) is 4.35. The summed E-state index contributed by atoms with van der Waals surface area (Å²) in [6, 6.07) is 10.9. The molecule has 4 rings (SSSR count). The molecule has 2 aromatic rings.